The third kappa shape index (κ3) is 5.82. The second-order valence-corrected chi connectivity index (χ2v) is 8.44. The zero-order valence-corrected chi connectivity index (χ0v) is 16.7. The molecule has 1 aliphatic heterocycles. The summed E-state index contributed by atoms with van der Waals surface area (Å²) in [7, 11) is 1.26. The Balaban J connectivity index is 2.19. The van der Waals surface area contributed by atoms with E-state index in [4.69, 9.17) is 9.47 Å². The van der Waals surface area contributed by atoms with Crippen molar-refractivity contribution < 1.29 is 29.0 Å². The monoisotopic (exact) mass is 384 g/mol. The van der Waals surface area contributed by atoms with Crippen LogP contribution in [0, 0.1) is 5.92 Å². The molecule has 0 aromatic heterocycles. The maximum Gasteiger partial charge on any atom is 0.408 e. The number of β-amino-alcohol motifs (C(OH)–C–C–N with tert-alkyl or cyclic N) is 1. The minimum absolute atomic E-state index is 0.0187. The van der Waals surface area contributed by atoms with Crippen LogP contribution in [0.2, 0.25) is 0 Å². The van der Waals surface area contributed by atoms with Crippen molar-refractivity contribution in [1.82, 2.24) is 10.2 Å². The number of carbonyl (C=O) groups is 3. The van der Waals surface area contributed by atoms with E-state index in [1.807, 2.05) is 0 Å². The average Bonchev–Trinajstić information content (AvgIpc) is 2.99. The Morgan fingerprint density at radius 2 is 1.78 bits per heavy atom. The Bertz CT molecular complexity index is 553. The molecule has 1 heterocycles. The van der Waals surface area contributed by atoms with Crippen LogP contribution in [0.15, 0.2) is 0 Å². The predicted molar refractivity (Wildman–Crippen MR) is 97.9 cm³/mol. The van der Waals surface area contributed by atoms with Gasteiger partial charge < -0.3 is 24.8 Å². The molecule has 3 unspecified atom stereocenters. The first-order valence-corrected chi connectivity index (χ1v) is 9.68. The van der Waals surface area contributed by atoms with Crippen LogP contribution >= 0.6 is 0 Å². The normalized spacial score (nSPS) is 25.0. The Hall–Kier alpha value is -1.83. The molecule has 1 saturated heterocycles. The van der Waals surface area contributed by atoms with E-state index < -0.39 is 35.9 Å². The lowest BCUT2D eigenvalue weighted by Gasteiger charge is -2.34. The maximum absolute atomic E-state index is 13.3. The number of aliphatic hydroxyl groups excluding tert-OH is 1. The summed E-state index contributed by atoms with van der Waals surface area (Å²) in [6, 6.07) is -1.61. The van der Waals surface area contributed by atoms with E-state index in [0.717, 1.165) is 32.1 Å². The van der Waals surface area contributed by atoms with Crippen LogP contribution in [0.5, 0.6) is 0 Å². The number of likely N-dealkylation sites (tertiary alicyclic amines) is 1. The lowest BCUT2D eigenvalue weighted by Crippen LogP contribution is -2.55. The SMILES string of the molecule is COC(=O)C1CC(O)CN1C(=O)C(NC(=O)OC(C)(C)C)C1CCCCC1. The van der Waals surface area contributed by atoms with Gasteiger partial charge in [-0.15, -0.1) is 0 Å². The minimum atomic E-state index is -0.830. The van der Waals surface area contributed by atoms with E-state index in [1.54, 1.807) is 20.8 Å². The van der Waals surface area contributed by atoms with Gasteiger partial charge in [-0.05, 0) is 39.5 Å². The van der Waals surface area contributed by atoms with Gasteiger partial charge in [-0.25, -0.2) is 9.59 Å². The van der Waals surface area contributed by atoms with Crippen LogP contribution in [-0.2, 0) is 19.1 Å². The predicted octanol–water partition coefficient (Wildman–Crippen LogP) is 1.59. The molecule has 27 heavy (non-hydrogen) atoms. The van der Waals surface area contributed by atoms with E-state index in [0.29, 0.717) is 0 Å². The number of nitrogens with one attached hydrogen (secondary N) is 1. The third-order valence-electron chi connectivity index (χ3n) is 5.09. The topological polar surface area (TPSA) is 105 Å². The number of alkyl carbamates (subject to hydrolysis) is 1. The summed E-state index contributed by atoms with van der Waals surface area (Å²) in [5.41, 5.74) is -0.678. The van der Waals surface area contributed by atoms with Crippen LogP contribution in [-0.4, -0.2) is 65.4 Å². The molecule has 8 nitrogen and oxygen atoms in total. The van der Waals surface area contributed by atoms with Gasteiger partial charge in [0.05, 0.1) is 13.2 Å². The van der Waals surface area contributed by atoms with Gasteiger partial charge in [0, 0.05) is 13.0 Å². The summed E-state index contributed by atoms with van der Waals surface area (Å²) < 4.78 is 10.1. The number of methoxy groups -OCH3 is 1. The van der Waals surface area contributed by atoms with Gasteiger partial charge in [-0.2, -0.15) is 0 Å². The molecular formula is C19H32N2O6. The second-order valence-electron chi connectivity index (χ2n) is 8.44. The molecule has 1 saturated carbocycles. The van der Waals surface area contributed by atoms with Gasteiger partial charge in [-0.3, -0.25) is 4.79 Å². The fourth-order valence-electron chi connectivity index (χ4n) is 3.88. The smallest absolute Gasteiger partial charge is 0.408 e. The Kier molecular flexibility index (Phi) is 7.08. The molecule has 3 atom stereocenters. The van der Waals surface area contributed by atoms with E-state index in [1.165, 1.54) is 12.0 Å². The van der Waals surface area contributed by atoms with Crippen molar-refractivity contribution in [2.75, 3.05) is 13.7 Å². The Labute approximate surface area is 160 Å². The highest BCUT2D eigenvalue weighted by Crippen LogP contribution is 2.29. The van der Waals surface area contributed by atoms with Crippen molar-refractivity contribution in [3.8, 4) is 0 Å². The van der Waals surface area contributed by atoms with E-state index in [-0.39, 0.29) is 24.8 Å². The van der Waals surface area contributed by atoms with Crippen LogP contribution in [0.3, 0.4) is 0 Å². The summed E-state index contributed by atoms with van der Waals surface area (Å²) in [6.07, 6.45) is 3.45. The fourth-order valence-corrected chi connectivity index (χ4v) is 3.88. The van der Waals surface area contributed by atoms with Gasteiger partial charge in [0.1, 0.15) is 17.7 Å². The molecule has 0 aromatic rings. The highest BCUT2D eigenvalue weighted by Gasteiger charge is 2.44. The highest BCUT2D eigenvalue weighted by molar-refractivity contribution is 5.90. The number of hydrogen-bond acceptors (Lipinski definition) is 6. The molecule has 2 fully saturated rings. The summed E-state index contributed by atoms with van der Waals surface area (Å²) in [5, 5.41) is 12.7. The second kappa shape index (κ2) is 8.91. The molecule has 0 radical (unpaired) electrons. The quantitative estimate of drug-likeness (QED) is 0.713. The van der Waals surface area contributed by atoms with Crippen molar-refractivity contribution in [2.24, 2.45) is 5.92 Å². The Morgan fingerprint density at radius 1 is 1.15 bits per heavy atom. The van der Waals surface area contributed by atoms with E-state index in [9.17, 15) is 19.5 Å². The zero-order valence-electron chi connectivity index (χ0n) is 16.7. The first kappa shape index (κ1) is 21.5. The molecule has 1 aliphatic carbocycles. The summed E-state index contributed by atoms with van der Waals surface area (Å²) >= 11 is 0. The van der Waals surface area contributed by atoms with Crippen molar-refractivity contribution in [3.05, 3.63) is 0 Å². The summed E-state index contributed by atoms with van der Waals surface area (Å²) in [6.45, 7) is 5.33. The zero-order chi connectivity index (χ0) is 20.2. The lowest BCUT2D eigenvalue weighted by molar-refractivity contribution is -0.152. The molecule has 0 aromatic carbocycles. The van der Waals surface area contributed by atoms with Crippen LogP contribution in [0.4, 0.5) is 4.79 Å². The van der Waals surface area contributed by atoms with Gasteiger partial charge >= 0.3 is 12.1 Å². The Morgan fingerprint density at radius 3 is 2.33 bits per heavy atom. The van der Waals surface area contributed by atoms with Crippen LogP contribution in [0.1, 0.15) is 59.3 Å². The molecule has 0 bridgehead atoms. The average molecular weight is 384 g/mol. The molecule has 8 heteroatoms. The molecule has 2 N–H and O–H groups in total. The number of rotatable bonds is 4. The lowest BCUT2D eigenvalue weighted by atomic mass is 9.83. The van der Waals surface area contributed by atoms with E-state index >= 15 is 0 Å². The summed E-state index contributed by atoms with van der Waals surface area (Å²) in [4.78, 5) is 39.0. The van der Waals surface area contributed by atoms with Gasteiger partial charge in [0.2, 0.25) is 5.91 Å². The highest BCUT2D eigenvalue weighted by atomic mass is 16.6. The summed E-state index contributed by atoms with van der Waals surface area (Å²) in [5.74, 6) is -0.936. The van der Waals surface area contributed by atoms with Gasteiger partial charge in [-0.1, -0.05) is 19.3 Å². The number of carbonyl (C=O) groups excluding carboxylic acids is 3. The van der Waals surface area contributed by atoms with Crippen LogP contribution in [0.25, 0.3) is 0 Å². The van der Waals surface area contributed by atoms with Crippen molar-refractivity contribution >= 4 is 18.0 Å². The number of ether oxygens (including phenoxy) is 2. The molecule has 2 rings (SSSR count). The largest absolute Gasteiger partial charge is 0.467 e. The van der Waals surface area contributed by atoms with Crippen molar-refractivity contribution in [1.29, 1.82) is 0 Å². The number of nitrogens with zero attached hydrogens (tertiary/aromatic N) is 1. The molecule has 2 amide bonds. The van der Waals surface area contributed by atoms with Gasteiger partial charge in [0.25, 0.3) is 0 Å². The number of hydrogen-bond donors (Lipinski definition) is 2. The first-order chi connectivity index (χ1) is 12.6. The fraction of sp³-hybridized carbons (Fsp3) is 0.842. The third-order valence-corrected chi connectivity index (χ3v) is 5.09. The van der Waals surface area contributed by atoms with E-state index in [2.05, 4.69) is 5.32 Å². The number of amides is 2. The standard InChI is InChI=1S/C19H32N2O6/c1-19(2,3)27-18(25)20-15(12-8-6-5-7-9-12)16(23)21-11-13(22)10-14(21)17(24)26-4/h12-15,22H,5-11H2,1-4H3,(H,20,25). The minimum Gasteiger partial charge on any atom is -0.467 e. The maximum atomic E-state index is 13.3. The number of aliphatic hydroxyl groups is 1. The van der Waals surface area contributed by atoms with Crippen LogP contribution < -0.4 is 5.32 Å². The van der Waals surface area contributed by atoms with Crippen molar-refractivity contribution in [2.45, 2.75) is 83.1 Å². The molecule has 2 aliphatic rings. The molecular weight excluding hydrogens is 352 g/mol. The van der Waals surface area contributed by atoms with Crippen molar-refractivity contribution in [3.63, 3.8) is 0 Å². The molecule has 154 valence electrons. The molecule has 0 spiro atoms. The van der Waals surface area contributed by atoms with Gasteiger partial charge in [0.15, 0.2) is 0 Å². The first-order valence-electron chi connectivity index (χ1n) is 9.68. The number of esters is 1.